The van der Waals surface area contributed by atoms with Crippen molar-refractivity contribution in [3.8, 4) is 0 Å². The molecule has 4 N–H and O–H groups in total. The molecule has 0 aromatic rings. The van der Waals surface area contributed by atoms with Gasteiger partial charge in [0, 0.05) is 0 Å². The summed E-state index contributed by atoms with van der Waals surface area (Å²) >= 11 is -2.18. The molecule has 23 heteroatoms. The summed E-state index contributed by atoms with van der Waals surface area (Å²) in [5, 5.41) is 30.1. The molecule has 0 aromatic heterocycles. The van der Waals surface area contributed by atoms with Gasteiger partial charge in [0.2, 0.25) is 0 Å². The quantitative estimate of drug-likeness (QED) is 0.298. The second-order valence-corrected chi connectivity index (χ2v) is 8.49. The van der Waals surface area contributed by atoms with Crippen LogP contribution in [0.5, 0.6) is 0 Å². The molecule has 0 saturated carbocycles. The van der Waals surface area contributed by atoms with E-state index in [1.54, 1.807) is 0 Å². The minimum atomic E-state index is -8.78. The second-order valence-electron chi connectivity index (χ2n) is 7.28. The fraction of sp³-hybridized carbons (Fsp3) is 1.00. The lowest BCUT2D eigenvalue weighted by atomic mass is 9.91. The highest BCUT2D eigenvalue weighted by molar-refractivity contribution is 8.00. The molecule has 0 amide bonds. The van der Waals surface area contributed by atoms with Gasteiger partial charge in [-0.1, -0.05) is 0 Å². The Balaban J connectivity index is 3.53. The van der Waals surface area contributed by atoms with Gasteiger partial charge >= 0.3 is 47.0 Å². The molecule has 0 aromatic carbocycles. The number of halogens is 17. The molecule has 0 aliphatic carbocycles. The molecule has 0 bridgehead atoms. The molecule has 0 radical (unpaired) electrons. The van der Waals surface area contributed by atoms with E-state index in [9.17, 15) is 90.0 Å². The van der Waals surface area contributed by atoms with Crippen LogP contribution in [0.1, 0.15) is 0 Å². The summed E-state index contributed by atoms with van der Waals surface area (Å²) in [6.07, 6.45) is -18.2. The number of rotatable bonds is 9. The van der Waals surface area contributed by atoms with Crippen molar-refractivity contribution in [2.45, 2.75) is 76.8 Å². The summed E-state index contributed by atoms with van der Waals surface area (Å²) in [4.78, 5) is 0. The maximum Gasteiger partial charge on any atom is 0.460 e. The number of aliphatic hydroxyl groups is 4. The monoisotopic (exact) mass is 614 g/mol. The Labute approximate surface area is 196 Å². The zero-order valence-electron chi connectivity index (χ0n) is 16.6. The van der Waals surface area contributed by atoms with Crippen LogP contribution in [0.25, 0.3) is 0 Å². The zero-order valence-corrected chi connectivity index (χ0v) is 17.4. The maximum atomic E-state index is 14.0. The van der Waals surface area contributed by atoms with Gasteiger partial charge in [0.05, 0.1) is 6.61 Å². The Kier molecular flexibility index (Phi) is 8.78. The summed E-state index contributed by atoms with van der Waals surface area (Å²) in [5.74, 6) is -51.0. The topological polar surface area (TPSA) is 90.2 Å². The van der Waals surface area contributed by atoms with Gasteiger partial charge in [-0.15, -0.1) is 0 Å². The molecule has 222 valence electrons. The third-order valence-corrected chi connectivity index (χ3v) is 5.98. The molecule has 1 heterocycles. The summed E-state index contributed by atoms with van der Waals surface area (Å²) in [6.45, 7) is -1.47. The highest BCUT2D eigenvalue weighted by atomic mass is 32.2. The highest BCUT2D eigenvalue weighted by Gasteiger charge is 2.95. The molecule has 1 fully saturated rings. The van der Waals surface area contributed by atoms with Crippen molar-refractivity contribution in [1.29, 1.82) is 0 Å². The molecule has 1 aliphatic rings. The number of alkyl halides is 17. The fourth-order valence-corrected chi connectivity index (χ4v) is 3.60. The first-order valence-electron chi connectivity index (χ1n) is 8.71. The van der Waals surface area contributed by atoms with E-state index in [0.717, 1.165) is 0 Å². The number of aliphatic hydroxyl groups excluding tert-OH is 4. The zero-order chi connectivity index (χ0) is 30.0. The van der Waals surface area contributed by atoms with Crippen LogP contribution >= 0.6 is 11.8 Å². The number of hydrogen-bond acceptors (Lipinski definition) is 6. The average Bonchev–Trinajstić information content (AvgIpc) is 2.72. The van der Waals surface area contributed by atoms with Gasteiger partial charge in [0.15, 0.2) is 0 Å². The van der Waals surface area contributed by atoms with Crippen LogP contribution in [0.15, 0.2) is 0 Å². The van der Waals surface area contributed by atoms with Gasteiger partial charge in [0.25, 0.3) is 0 Å². The summed E-state index contributed by atoms with van der Waals surface area (Å²) in [6, 6.07) is 0. The third-order valence-electron chi connectivity index (χ3n) is 4.81. The average molecular weight is 614 g/mol. The summed E-state index contributed by atoms with van der Waals surface area (Å²) in [5.41, 5.74) is -3.18. The van der Waals surface area contributed by atoms with Crippen molar-refractivity contribution in [3.63, 3.8) is 0 Å². The highest BCUT2D eigenvalue weighted by Crippen LogP contribution is 2.65. The van der Waals surface area contributed by atoms with Gasteiger partial charge in [-0.2, -0.15) is 74.6 Å². The third kappa shape index (κ3) is 4.80. The largest absolute Gasteiger partial charge is 0.460 e. The number of ether oxygens (including phenoxy) is 1. The van der Waals surface area contributed by atoms with Gasteiger partial charge in [-0.3, -0.25) is 0 Å². The van der Waals surface area contributed by atoms with Crippen LogP contribution in [0.2, 0.25) is 0 Å². The van der Waals surface area contributed by atoms with E-state index in [1.165, 1.54) is 0 Å². The van der Waals surface area contributed by atoms with Crippen molar-refractivity contribution in [2.24, 2.45) is 0 Å². The maximum absolute atomic E-state index is 14.0. The lowest BCUT2D eigenvalue weighted by Crippen LogP contribution is -2.74. The lowest BCUT2D eigenvalue weighted by Gasteiger charge is -2.44. The summed E-state index contributed by atoms with van der Waals surface area (Å²) < 4.78 is 229. The van der Waals surface area contributed by atoms with Crippen LogP contribution in [-0.2, 0) is 4.74 Å². The molecule has 1 saturated heterocycles. The van der Waals surface area contributed by atoms with E-state index in [2.05, 4.69) is 4.74 Å². The van der Waals surface area contributed by atoms with Gasteiger partial charge in [-0.25, -0.2) is 0 Å². The minimum absolute atomic E-state index is 1.47. The molecular formula is C14H11F17O5S. The van der Waals surface area contributed by atoms with E-state index in [0.29, 0.717) is 0 Å². The molecule has 0 unspecified atom stereocenters. The fourth-order valence-electron chi connectivity index (χ4n) is 2.53. The van der Waals surface area contributed by atoms with Crippen LogP contribution in [-0.4, -0.2) is 104 Å². The van der Waals surface area contributed by atoms with Crippen LogP contribution in [0, 0.1) is 0 Å². The van der Waals surface area contributed by atoms with Crippen molar-refractivity contribution in [1.82, 2.24) is 0 Å². The first-order valence-corrected chi connectivity index (χ1v) is 9.59. The van der Waals surface area contributed by atoms with E-state index < -0.39 is 95.2 Å². The number of thioether (sulfide) groups is 1. The van der Waals surface area contributed by atoms with Crippen molar-refractivity contribution >= 4 is 11.8 Å². The standard InChI is InChI=1S/C14H11F17O5S/c15-7(16,9(19,20)11(23,24)13(27,28)29)8(17,18)10(21,22)12(25,26)14(30,31)37-6-5(35)4(34)3(33)2(1-32)36-6/h2-6,32-35H,1H2/t2-,3+,4+,5-,6+/m1/s1. The Bertz CT molecular complexity index is 817. The van der Waals surface area contributed by atoms with Crippen molar-refractivity contribution in [2.75, 3.05) is 6.61 Å². The SMILES string of the molecule is OC[C@H]1O[C@@H](SC(F)(F)C(F)(F)C(F)(F)C(F)(F)C(F)(F)C(F)(F)C(F)(F)C(F)(F)F)[C@H](O)[C@@H](O)[C@H]1O. The minimum Gasteiger partial charge on any atom is -0.394 e. The molecular weight excluding hydrogens is 603 g/mol. The van der Waals surface area contributed by atoms with Crippen LogP contribution < -0.4 is 0 Å². The predicted molar refractivity (Wildman–Crippen MR) is 82.0 cm³/mol. The normalized spacial score (nSPS) is 28.0. The Morgan fingerprint density at radius 1 is 0.514 bits per heavy atom. The molecule has 0 spiro atoms. The van der Waals surface area contributed by atoms with E-state index in [4.69, 9.17) is 5.11 Å². The first-order chi connectivity index (χ1) is 16.0. The van der Waals surface area contributed by atoms with E-state index >= 15 is 0 Å². The van der Waals surface area contributed by atoms with Crippen LogP contribution in [0.4, 0.5) is 74.6 Å². The lowest BCUT2D eigenvalue weighted by molar-refractivity contribution is -0.458. The van der Waals surface area contributed by atoms with Gasteiger partial charge < -0.3 is 25.2 Å². The Morgan fingerprint density at radius 3 is 1.22 bits per heavy atom. The van der Waals surface area contributed by atoms with Crippen molar-refractivity contribution in [3.05, 3.63) is 0 Å². The molecule has 1 aliphatic heterocycles. The molecule has 5 nitrogen and oxygen atoms in total. The molecule has 1 rings (SSSR count). The molecule has 37 heavy (non-hydrogen) atoms. The summed E-state index contributed by atoms with van der Waals surface area (Å²) in [7, 11) is 0. The Morgan fingerprint density at radius 2 is 0.865 bits per heavy atom. The Hall–Kier alpha value is -1.04. The smallest absolute Gasteiger partial charge is 0.394 e. The van der Waals surface area contributed by atoms with E-state index in [1.807, 2.05) is 0 Å². The molecule has 5 atom stereocenters. The first kappa shape index (κ1) is 34.0. The van der Waals surface area contributed by atoms with Gasteiger partial charge in [-0.05, 0) is 11.8 Å². The second kappa shape index (κ2) is 9.55. The van der Waals surface area contributed by atoms with E-state index in [-0.39, 0.29) is 0 Å². The van der Waals surface area contributed by atoms with Gasteiger partial charge in [0.1, 0.15) is 29.9 Å². The number of hydrogen-bond donors (Lipinski definition) is 4. The van der Waals surface area contributed by atoms with Crippen molar-refractivity contribution < 1.29 is 99.8 Å². The predicted octanol–water partition coefficient (Wildman–Crippen LogP) is 3.49. The van der Waals surface area contributed by atoms with Crippen LogP contribution in [0.3, 0.4) is 0 Å².